The topological polar surface area (TPSA) is 66.1 Å². The van der Waals surface area contributed by atoms with E-state index in [9.17, 15) is 4.79 Å². The lowest BCUT2D eigenvalue weighted by atomic mass is 10.0. The lowest BCUT2D eigenvalue weighted by Gasteiger charge is -2.05. The molecule has 0 unspecified atom stereocenters. The third-order valence-electron chi connectivity index (χ3n) is 9.11. The smallest absolute Gasteiger partial charge is 0.304 e. The molecule has 0 spiro atoms. The minimum Gasteiger partial charge on any atom is -0.481 e. The largest absolute Gasteiger partial charge is 0.481 e. The number of rotatable bonds is 32. The van der Waals surface area contributed by atoms with Crippen molar-refractivity contribution >= 4 is 5.97 Å². The van der Waals surface area contributed by atoms with Crippen LogP contribution in [-0.2, 0) is 24.2 Å². The van der Waals surface area contributed by atoms with Crippen LogP contribution in [0.1, 0.15) is 165 Å². The summed E-state index contributed by atoms with van der Waals surface area (Å²) in [6, 6.07) is 8.79. The Kier molecular flexibility index (Phi) is 25.2. The minimum atomic E-state index is -0.717. The maximum Gasteiger partial charge on any atom is 0.304 e. The highest BCUT2D eigenvalue weighted by molar-refractivity contribution is 5.66. The van der Waals surface area contributed by atoms with E-state index in [1.54, 1.807) is 0 Å². The van der Waals surface area contributed by atoms with Gasteiger partial charge in [-0.15, -0.1) is 0 Å². The van der Waals surface area contributed by atoms with Crippen LogP contribution >= 0.6 is 0 Å². The van der Waals surface area contributed by atoms with Crippen LogP contribution in [0.5, 0.6) is 0 Å². The van der Waals surface area contributed by atoms with E-state index in [2.05, 4.69) is 45.5 Å². The number of pyridine rings is 2. The van der Waals surface area contributed by atoms with Crippen LogP contribution in [0.2, 0.25) is 0 Å². The molecule has 0 saturated heterocycles. The Morgan fingerprint density at radius 2 is 1.09 bits per heavy atom. The van der Waals surface area contributed by atoms with Gasteiger partial charge in [-0.25, -0.2) is 4.57 Å². The van der Waals surface area contributed by atoms with Gasteiger partial charge in [-0.3, -0.25) is 9.78 Å². The van der Waals surface area contributed by atoms with Crippen LogP contribution in [0.4, 0.5) is 0 Å². The predicted octanol–water partition coefficient (Wildman–Crippen LogP) is 10.2. The summed E-state index contributed by atoms with van der Waals surface area (Å²) >= 11 is 0. The first kappa shape index (κ1) is 38.9. The summed E-state index contributed by atoms with van der Waals surface area (Å²) in [7, 11) is 0. The number of nitrogens with one attached hydrogen (secondary N) is 1. The van der Waals surface area contributed by atoms with Gasteiger partial charge in [0.05, 0.1) is 6.42 Å². The van der Waals surface area contributed by atoms with Crippen molar-refractivity contribution in [2.75, 3.05) is 13.1 Å². The zero-order valence-corrected chi connectivity index (χ0v) is 28.9. The number of aryl methyl sites for hydroxylation is 3. The molecule has 254 valence electrons. The number of hydrogen-bond acceptors (Lipinski definition) is 3. The van der Waals surface area contributed by atoms with Crippen LogP contribution in [0.15, 0.2) is 49.1 Å². The monoisotopic (exact) mass is 623 g/mol. The fourth-order valence-electron chi connectivity index (χ4n) is 6.29. The van der Waals surface area contributed by atoms with Gasteiger partial charge in [0.1, 0.15) is 6.54 Å². The Labute approximate surface area is 277 Å². The van der Waals surface area contributed by atoms with Gasteiger partial charge in [-0.05, 0) is 62.8 Å². The number of hydrogen-bond donors (Lipinski definition) is 2. The van der Waals surface area contributed by atoms with Crippen molar-refractivity contribution in [3.05, 3.63) is 60.2 Å². The van der Waals surface area contributed by atoms with E-state index in [0.29, 0.717) is 6.54 Å². The van der Waals surface area contributed by atoms with Gasteiger partial charge in [0.15, 0.2) is 12.4 Å². The van der Waals surface area contributed by atoms with Crippen molar-refractivity contribution in [2.24, 2.45) is 0 Å². The molecule has 2 aromatic heterocycles. The Morgan fingerprint density at radius 1 is 0.600 bits per heavy atom. The van der Waals surface area contributed by atoms with Gasteiger partial charge in [0.2, 0.25) is 0 Å². The van der Waals surface area contributed by atoms with Gasteiger partial charge in [-0.1, -0.05) is 122 Å². The number of aliphatic carboxylic acids is 1. The normalized spacial score (nSPS) is 11.3. The fraction of sp³-hybridized carbons (Fsp3) is 0.725. The number of carboxylic acid groups (broad SMARTS) is 1. The van der Waals surface area contributed by atoms with E-state index in [-0.39, 0.29) is 6.42 Å². The molecule has 0 bridgehead atoms. The molecule has 0 saturated carbocycles. The number of aromatic nitrogens is 2. The molecule has 0 radical (unpaired) electrons. The molecule has 5 nitrogen and oxygen atoms in total. The number of carboxylic acids is 1. The molecule has 0 atom stereocenters. The molecule has 0 aliphatic heterocycles. The third-order valence-corrected chi connectivity index (χ3v) is 9.11. The summed E-state index contributed by atoms with van der Waals surface area (Å²) in [6.45, 7) is 2.71. The second kappa shape index (κ2) is 29.2. The molecule has 0 fully saturated rings. The van der Waals surface area contributed by atoms with Gasteiger partial charge in [0, 0.05) is 37.0 Å². The summed E-state index contributed by atoms with van der Waals surface area (Å²) in [5.41, 5.74) is 2.89. The molecule has 2 N–H and O–H groups in total. The minimum absolute atomic E-state index is 0.226. The van der Waals surface area contributed by atoms with E-state index in [4.69, 9.17) is 5.11 Å². The van der Waals surface area contributed by atoms with E-state index in [1.807, 2.05) is 18.5 Å². The Balaban J connectivity index is 1.30. The quantitative estimate of drug-likeness (QED) is 0.0629. The summed E-state index contributed by atoms with van der Waals surface area (Å²) in [5, 5.41) is 11.8. The second-order valence-electron chi connectivity index (χ2n) is 13.3. The molecule has 2 heterocycles. The predicted molar refractivity (Wildman–Crippen MR) is 190 cm³/mol. The van der Waals surface area contributed by atoms with Crippen molar-refractivity contribution in [3.63, 3.8) is 0 Å². The first-order valence-electron chi connectivity index (χ1n) is 19.0. The van der Waals surface area contributed by atoms with Crippen LogP contribution in [0.3, 0.4) is 0 Å². The average molecular weight is 623 g/mol. The first-order valence-corrected chi connectivity index (χ1v) is 19.0. The zero-order valence-electron chi connectivity index (χ0n) is 28.9. The zero-order chi connectivity index (χ0) is 31.9. The Morgan fingerprint density at radius 3 is 1.62 bits per heavy atom. The van der Waals surface area contributed by atoms with E-state index in [0.717, 1.165) is 6.54 Å². The SMILES string of the molecule is O=C(O)CCNCCCCCCCCCCCCCCc1ccc[n+](CCCCCCCCCCCCCc2cccnc2)c1. The average Bonchev–Trinajstić information content (AvgIpc) is 3.05. The Bertz CT molecular complexity index is 936. The molecular weight excluding hydrogens is 554 g/mol. The van der Waals surface area contributed by atoms with Gasteiger partial charge < -0.3 is 10.4 Å². The summed E-state index contributed by atoms with van der Waals surface area (Å²) in [6.07, 6.45) is 42.4. The van der Waals surface area contributed by atoms with E-state index in [1.165, 1.54) is 178 Å². The van der Waals surface area contributed by atoms with Gasteiger partial charge in [0.25, 0.3) is 0 Å². The summed E-state index contributed by atoms with van der Waals surface area (Å²) in [4.78, 5) is 14.7. The molecule has 0 amide bonds. The highest BCUT2D eigenvalue weighted by atomic mass is 16.4. The second-order valence-corrected chi connectivity index (χ2v) is 13.3. The van der Waals surface area contributed by atoms with Crippen molar-refractivity contribution < 1.29 is 14.5 Å². The summed E-state index contributed by atoms with van der Waals surface area (Å²) < 4.78 is 2.42. The van der Waals surface area contributed by atoms with Crippen molar-refractivity contribution in [2.45, 2.75) is 173 Å². The molecule has 5 heteroatoms. The van der Waals surface area contributed by atoms with Crippen LogP contribution in [-0.4, -0.2) is 29.1 Å². The standard InChI is InChI=1S/C40H67N3O2/c44-40(45)30-33-41-31-22-18-14-10-6-2-1-4-9-13-17-21-27-39-29-25-35-43(37-39)34-23-19-15-11-7-3-5-8-12-16-20-26-38-28-24-32-42-36-38/h24-25,28-29,32,35-37,41H,1-23,26-27,30-31,33-34H2/p+1. The lowest BCUT2D eigenvalue weighted by molar-refractivity contribution is -0.697. The molecule has 0 aromatic carbocycles. The number of nitrogens with zero attached hydrogens (tertiary/aromatic N) is 2. The number of unbranched alkanes of at least 4 members (excludes halogenated alkanes) is 21. The van der Waals surface area contributed by atoms with Crippen LogP contribution in [0, 0.1) is 0 Å². The van der Waals surface area contributed by atoms with E-state index >= 15 is 0 Å². The molecule has 2 aromatic rings. The molecule has 45 heavy (non-hydrogen) atoms. The molecule has 2 rings (SSSR count). The lowest BCUT2D eigenvalue weighted by Crippen LogP contribution is -2.33. The highest BCUT2D eigenvalue weighted by Gasteiger charge is 2.04. The van der Waals surface area contributed by atoms with Gasteiger partial charge >= 0.3 is 5.97 Å². The third kappa shape index (κ3) is 24.6. The van der Waals surface area contributed by atoms with Gasteiger partial charge in [-0.2, -0.15) is 0 Å². The number of carbonyl (C=O) groups is 1. The molecule has 0 aliphatic carbocycles. The van der Waals surface area contributed by atoms with Crippen molar-refractivity contribution in [1.29, 1.82) is 0 Å². The summed E-state index contributed by atoms with van der Waals surface area (Å²) in [5.74, 6) is -0.717. The Hall–Kier alpha value is -2.27. The fourth-order valence-corrected chi connectivity index (χ4v) is 6.29. The first-order chi connectivity index (χ1) is 22.2. The van der Waals surface area contributed by atoms with E-state index < -0.39 is 5.97 Å². The highest BCUT2D eigenvalue weighted by Crippen LogP contribution is 2.14. The maximum absolute atomic E-state index is 10.5. The van der Waals surface area contributed by atoms with Crippen molar-refractivity contribution in [1.82, 2.24) is 10.3 Å². The van der Waals surface area contributed by atoms with Crippen LogP contribution in [0.25, 0.3) is 0 Å². The van der Waals surface area contributed by atoms with Crippen LogP contribution < -0.4 is 9.88 Å². The van der Waals surface area contributed by atoms with Crippen molar-refractivity contribution in [3.8, 4) is 0 Å². The molecular formula is C40H68N3O2+. The maximum atomic E-state index is 10.5. The molecule has 0 aliphatic rings.